The quantitative estimate of drug-likeness (QED) is 0.712. The monoisotopic (exact) mass is 189 g/mol. The molecule has 0 aliphatic heterocycles. The van der Waals surface area contributed by atoms with Crippen LogP contribution in [-0.2, 0) is 6.42 Å². The SMILES string of the molecule is CCc1ccc2[nH]c(C=O)cc2c1O. The largest absolute Gasteiger partial charge is 0.507 e. The number of aldehydes is 1. The number of carbonyl (C=O) groups excluding carboxylic acids is 1. The van der Waals surface area contributed by atoms with Crippen molar-refractivity contribution in [3.63, 3.8) is 0 Å². The van der Waals surface area contributed by atoms with Gasteiger partial charge in [0.2, 0.25) is 0 Å². The van der Waals surface area contributed by atoms with Gasteiger partial charge in [0.15, 0.2) is 6.29 Å². The van der Waals surface area contributed by atoms with E-state index in [1.54, 1.807) is 6.07 Å². The van der Waals surface area contributed by atoms with Gasteiger partial charge in [0.25, 0.3) is 0 Å². The van der Waals surface area contributed by atoms with Gasteiger partial charge in [-0.05, 0) is 24.1 Å². The van der Waals surface area contributed by atoms with Crippen LogP contribution in [0.15, 0.2) is 18.2 Å². The zero-order chi connectivity index (χ0) is 10.1. The van der Waals surface area contributed by atoms with Gasteiger partial charge >= 0.3 is 0 Å². The summed E-state index contributed by atoms with van der Waals surface area (Å²) in [6.45, 7) is 1.98. The fourth-order valence-corrected chi connectivity index (χ4v) is 1.60. The first-order valence-corrected chi connectivity index (χ1v) is 4.55. The molecule has 0 radical (unpaired) electrons. The Morgan fingerprint density at radius 2 is 2.29 bits per heavy atom. The van der Waals surface area contributed by atoms with E-state index < -0.39 is 0 Å². The Morgan fingerprint density at radius 1 is 1.50 bits per heavy atom. The van der Waals surface area contributed by atoms with Crippen LogP contribution in [0.3, 0.4) is 0 Å². The molecular formula is C11H11NO2. The van der Waals surface area contributed by atoms with Gasteiger partial charge in [0.1, 0.15) is 5.75 Å². The van der Waals surface area contributed by atoms with Crippen LogP contribution in [0.1, 0.15) is 23.0 Å². The lowest BCUT2D eigenvalue weighted by atomic mass is 10.1. The number of aromatic amines is 1. The van der Waals surface area contributed by atoms with E-state index in [2.05, 4.69) is 4.98 Å². The molecule has 0 aliphatic carbocycles. The van der Waals surface area contributed by atoms with E-state index in [0.29, 0.717) is 11.1 Å². The molecule has 3 nitrogen and oxygen atoms in total. The summed E-state index contributed by atoms with van der Waals surface area (Å²) in [5, 5.41) is 10.5. The number of nitrogens with one attached hydrogen (secondary N) is 1. The smallest absolute Gasteiger partial charge is 0.166 e. The summed E-state index contributed by atoms with van der Waals surface area (Å²) in [7, 11) is 0. The highest BCUT2D eigenvalue weighted by atomic mass is 16.3. The number of carbonyl (C=O) groups is 1. The van der Waals surface area contributed by atoms with Gasteiger partial charge in [0.05, 0.1) is 5.69 Å². The van der Waals surface area contributed by atoms with Crippen molar-refractivity contribution in [3.8, 4) is 5.75 Å². The van der Waals surface area contributed by atoms with Gasteiger partial charge in [-0.25, -0.2) is 0 Å². The van der Waals surface area contributed by atoms with Gasteiger partial charge in [0, 0.05) is 10.9 Å². The van der Waals surface area contributed by atoms with Crippen molar-refractivity contribution < 1.29 is 9.90 Å². The summed E-state index contributed by atoms with van der Waals surface area (Å²) >= 11 is 0. The van der Waals surface area contributed by atoms with Gasteiger partial charge in [-0.15, -0.1) is 0 Å². The molecule has 0 bridgehead atoms. The standard InChI is InChI=1S/C11H11NO2/c1-2-7-3-4-10-9(11(7)14)5-8(6-13)12-10/h3-6,12,14H,2H2,1H3. The third kappa shape index (κ3) is 1.18. The molecule has 0 amide bonds. The van der Waals surface area contributed by atoms with E-state index in [4.69, 9.17) is 0 Å². The maximum Gasteiger partial charge on any atom is 0.166 e. The van der Waals surface area contributed by atoms with Crippen LogP contribution in [0.2, 0.25) is 0 Å². The van der Waals surface area contributed by atoms with E-state index in [0.717, 1.165) is 23.8 Å². The number of fused-ring (bicyclic) bond motifs is 1. The molecule has 3 heteroatoms. The molecule has 2 rings (SSSR count). The van der Waals surface area contributed by atoms with Crippen LogP contribution in [-0.4, -0.2) is 16.4 Å². The van der Waals surface area contributed by atoms with Crippen molar-refractivity contribution in [3.05, 3.63) is 29.5 Å². The van der Waals surface area contributed by atoms with Crippen molar-refractivity contribution in [2.24, 2.45) is 0 Å². The number of phenolic OH excluding ortho intramolecular Hbond substituents is 1. The molecule has 72 valence electrons. The Labute approximate surface area is 81.4 Å². The number of aromatic nitrogens is 1. The molecule has 2 N–H and O–H groups in total. The number of hydrogen-bond donors (Lipinski definition) is 2. The average Bonchev–Trinajstić information content (AvgIpc) is 2.62. The fourth-order valence-electron chi connectivity index (χ4n) is 1.60. The molecule has 0 atom stereocenters. The molecule has 0 aliphatic rings. The van der Waals surface area contributed by atoms with E-state index in [-0.39, 0.29) is 5.75 Å². The maximum atomic E-state index is 10.5. The predicted molar refractivity (Wildman–Crippen MR) is 54.7 cm³/mol. The first kappa shape index (κ1) is 8.81. The number of rotatable bonds is 2. The molecule has 0 spiro atoms. The second kappa shape index (κ2) is 3.18. The Kier molecular flexibility index (Phi) is 2.00. The van der Waals surface area contributed by atoms with Crippen LogP contribution in [0.25, 0.3) is 10.9 Å². The molecule has 2 aromatic rings. The van der Waals surface area contributed by atoms with Crippen molar-refractivity contribution in [1.82, 2.24) is 4.98 Å². The van der Waals surface area contributed by atoms with E-state index in [9.17, 15) is 9.90 Å². The number of aryl methyl sites for hydroxylation is 1. The van der Waals surface area contributed by atoms with Crippen molar-refractivity contribution >= 4 is 17.2 Å². The lowest BCUT2D eigenvalue weighted by Gasteiger charge is -2.01. The first-order chi connectivity index (χ1) is 6.76. The van der Waals surface area contributed by atoms with Gasteiger partial charge < -0.3 is 10.1 Å². The highest BCUT2D eigenvalue weighted by Crippen LogP contribution is 2.29. The van der Waals surface area contributed by atoms with Crippen LogP contribution in [0, 0.1) is 0 Å². The Balaban J connectivity index is 2.74. The highest BCUT2D eigenvalue weighted by Gasteiger charge is 2.07. The summed E-state index contributed by atoms with van der Waals surface area (Å²) in [6.07, 6.45) is 1.52. The highest BCUT2D eigenvalue weighted by molar-refractivity contribution is 5.92. The average molecular weight is 189 g/mol. The van der Waals surface area contributed by atoms with E-state index >= 15 is 0 Å². The molecule has 0 unspecified atom stereocenters. The van der Waals surface area contributed by atoms with Gasteiger partial charge in [-0.2, -0.15) is 0 Å². The number of aromatic hydroxyl groups is 1. The van der Waals surface area contributed by atoms with E-state index in [1.165, 1.54) is 0 Å². The molecule has 1 aromatic carbocycles. The number of H-pyrrole nitrogens is 1. The third-order valence-corrected chi connectivity index (χ3v) is 2.39. The molecule has 0 fully saturated rings. The van der Waals surface area contributed by atoms with Crippen LogP contribution in [0.4, 0.5) is 0 Å². The number of phenols is 1. The summed E-state index contributed by atoms with van der Waals surface area (Å²) in [5.41, 5.74) is 2.18. The minimum atomic E-state index is 0.273. The van der Waals surface area contributed by atoms with Crippen LogP contribution < -0.4 is 0 Å². The number of benzene rings is 1. The summed E-state index contributed by atoms with van der Waals surface area (Å²) < 4.78 is 0. The normalized spacial score (nSPS) is 10.6. The minimum Gasteiger partial charge on any atom is -0.507 e. The number of hydrogen-bond acceptors (Lipinski definition) is 2. The molecule has 14 heavy (non-hydrogen) atoms. The third-order valence-electron chi connectivity index (χ3n) is 2.39. The summed E-state index contributed by atoms with van der Waals surface area (Å²) in [5.74, 6) is 0.273. The predicted octanol–water partition coefficient (Wildman–Crippen LogP) is 2.25. The Bertz CT molecular complexity index is 485. The van der Waals surface area contributed by atoms with E-state index in [1.807, 2.05) is 19.1 Å². The summed E-state index contributed by atoms with van der Waals surface area (Å²) in [6, 6.07) is 5.40. The molecule has 0 saturated heterocycles. The topological polar surface area (TPSA) is 53.1 Å². The van der Waals surface area contributed by atoms with Gasteiger partial charge in [-0.1, -0.05) is 13.0 Å². The Hall–Kier alpha value is -1.77. The zero-order valence-electron chi connectivity index (χ0n) is 7.87. The minimum absolute atomic E-state index is 0.273. The molecule has 1 aromatic heterocycles. The second-order valence-electron chi connectivity index (χ2n) is 3.23. The lowest BCUT2D eigenvalue weighted by molar-refractivity contribution is 0.112. The summed E-state index contributed by atoms with van der Waals surface area (Å²) in [4.78, 5) is 13.4. The second-order valence-corrected chi connectivity index (χ2v) is 3.23. The van der Waals surface area contributed by atoms with Crippen molar-refractivity contribution in [2.75, 3.05) is 0 Å². The van der Waals surface area contributed by atoms with Crippen molar-refractivity contribution in [1.29, 1.82) is 0 Å². The lowest BCUT2D eigenvalue weighted by Crippen LogP contribution is -1.81. The molecular weight excluding hydrogens is 178 g/mol. The molecule has 1 heterocycles. The molecule has 0 saturated carbocycles. The maximum absolute atomic E-state index is 10.5. The van der Waals surface area contributed by atoms with Crippen LogP contribution >= 0.6 is 0 Å². The first-order valence-electron chi connectivity index (χ1n) is 4.55. The van der Waals surface area contributed by atoms with Gasteiger partial charge in [-0.3, -0.25) is 4.79 Å². The zero-order valence-corrected chi connectivity index (χ0v) is 7.87. The fraction of sp³-hybridized carbons (Fsp3) is 0.182. The Morgan fingerprint density at radius 3 is 2.93 bits per heavy atom. The van der Waals surface area contributed by atoms with Crippen molar-refractivity contribution in [2.45, 2.75) is 13.3 Å². The van der Waals surface area contributed by atoms with Crippen LogP contribution in [0.5, 0.6) is 5.75 Å².